The van der Waals surface area contributed by atoms with Gasteiger partial charge in [0.05, 0.1) is 0 Å². The van der Waals surface area contributed by atoms with Gasteiger partial charge >= 0.3 is 20.5 Å². The second kappa shape index (κ2) is 3.49. The zero-order chi connectivity index (χ0) is 7.49. The maximum Gasteiger partial charge on any atom is 0.346 e. The molecule has 0 radical (unpaired) electrons. The maximum atomic E-state index is 9.68. The van der Waals surface area contributed by atoms with Gasteiger partial charge in [-0.25, -0.2) is 0 Å². The molecular formula is H2O6S3. The molecule has 0 aliphatic carbocycles. The van der Waals surface area contributed by atoms with Crippen molar-refractivity contribution >= 4 is 31.6 Å². The minimum absolute atomic E-state index is 0.481. The molecule has 6 nitrogen and oxygen atoms in total. The first kappa shape index (κ1) is 9.33. The summed E-state index contributed by atoms with van der Waals surface area (Å²) in [7, 11) is -4.38. The van der Waals surface area contributed by atoms with Gasteiger partial charge in [-0.2, -0.15) is 16.3 Å². The van der Waals surface area contributed by atoms with Gasteiger partial charge in [-0.15, -0.1) is 0 Å². The average Bonchev–Trinajstić information content (AvgIpc) is 1.59. The second-order valence-electron chi connectivity index (χ2n) is 0.781. The van der Waals surface area contributed by atoms with Crippen molar-refractivity contribution < 1.29 is 25.4 Å². The molecule has 0 amide bonds. The predicted octanol–water partition coefficient (Wildman–Crippen LogP) is -0.409. The van der Waals surface area contributed by atoms with Gasteiger partial charge in [-0.05, 0) is 0 Å². The normalized spacial score (nSPS) is 15.3. The Bertz CT molecular complexity index is 186. The molecule has 0 spiro atoms. The molecule has 0 aromatic carbocycles. The summed E-state index contributed by atoms with van der Waals surface area (Å²) in [4.78, 5) is 0. The highest BCUT2D eigenvalue weighted by molar-refractivity contribution is 8.68. The molecule has 0 fully saturated rings. The Morgan fingerprint density at radius 2 is 2.00 bits per heavy atom. The van der Waals surface area contributed by atoms with Crippen LogP contribution in [0.1, 0.15) is 0 Å². The van der Waals surface area contributed by atoms with E-state index in [1.807, 2.05) is 0 Å². The summed E-state index contributed by atoms with van der Waals surface area (Å²) in [6, 6.07) is 0. The van der Waals surface area contributed by atoms with Gasteiger partial charge in [-0.1, -0.05) is 0 Å². The van der Waals surface area contributed by atoms with Crippen LogP contribution in [0.2, 0.25) is 0 Å². The highest BCUT2D eigenvalue weighted by Gasteiger charge is 2.08. The molecule has 1 unspecified atom stereocenters. The van der Waals surface area contributed by atoms with E-state index < -0.39 is 31.6 Å². The van der Waals surface area contributed by atoms with Crippen LogP contribution in [-0.4, -0.2) is 21.7 Å². The fourth-order valence-corrected chi connectivity index (χ4v) is 1.59. The summed E-state index contributed by atoms with van der Waals surface area (Å²) in [5, 5.41) is 0. The van der Waals surface area contributed by atoms with Gasteiger partial charge < -0.3 is 0 Å². The van der Waals surface area contributed by atoms with Crippen molar-refractivity contribution in [3.05, 3.63) is 0 Å². The quantitative estimate of drug-likeness (QED) is 0.272. The third-order valence-electron chi connectivity index (χ3n) is 0.172. The lowest BCUT2D eigenvalue weighted by Crippen LogP contribution is -1.93. The highest BCUT2D eigenvalue weighted by atomic mass is 33.2. The van der Waals surface area contributed by atoms with E-state index in [2.05, 4.69) is 3.63 Å². The van der Waals surface area contributed by atoms with Crippen LogP contribution in [-0.2, 0) is 24.1 Å². The van der Waals surface area contributed by atoms with E-state index in [0.29, 0.717) is 0 Å². The van der Waals surface area contributed by atoms with Crippen molar-refractivity contribution in [2.24, 2.45) is 0 Å². The average molecular weight is 194 g/mol. The van der Waals surface area contributed by atoms with E-state index in [9.17, 15) is 12.6 Å². The zero-order valence-electron chi connectivity index (χ0n) is 3.75. The predicted molar refractivity (Wildman–Crippen MR) is 31.0 cm³/mol. The third kappa shape index (κ3) is 8.33. The Morgan fingerprint density at radius 1 is 1.56 bits per heavy atom. The van der Waals surface area contributed by atoms with E-state index >= 15 is 0 Å². The van der Waals surface area contributed by atoms with Crippen molar-refractivity contribution in [1.29, 1.82) is 0 Å². The first-order valence-electron chi connectivity index (χ1n) is 1.37. The van der Waals surface area contributed by atoms with Crippen LogP contribution in [0, 0.1) is 0 Å². The first-order chi connectivity index (χ1) is 3.92. The molecule has 0 saturated carbocycles. The molecule has 0 aromatic rings. The van der Waals surface area contributed by atoms with Crippen molar-refractivity contribution in [3.8, 4) is 0 Å². The number of rotatable bonds is 3. The fraction of sp³-hybridized carbons (Fsp3) is 0. The SMILES string of the molecule is O=S(O)OSS(=O)(=O)O. The van der Waals surface area contributed by atoms with Crippen LogP contribution >= 0.6 is 11.1 Å². The van der Waals surface area contributed by atoms with Crippen molar-refractivity contribution in [1.82, 2.24) is 0 Å². The van der Waals surface area contributed by atoms with Crippen molar-refractivity contribution in [2.75, 3.05) is 0 Å². The van der Waals surface area contributed by atoms with Crippen LogP contribution in [0.4, 0.5) is 0 Å². The minimum atomic E-state index is -4.38. The zero-order valence-corrected chi connectivity index (χ0v) is 6.20. The number of hydrogen-bond donors (Lipinski definition) is 2. The molecule has 0 rings (SSSR count). The molecule has 9 heavy (non-hydrogen) atoms. The smallest absolute Gasteiger partial charge is 0.283 e. The molecule has 0 aromatic heterocycles. The Balaban J connectivity index is 3.67. The van der Waals surface area contributed by atoms with Crippen LogP contribution in [0.3, 0.4) is 0 Å². The molecule has 0 aliphatic rings. The van der Waals surface area contributed by atoms with Gasteiger partial charge in [0.2, 0.25) is 0 Å². The molecule has 9 heteroatoms. The van der Waals surface area contributed by atoms with Crippen LogP contribution < -0.4 is 0 Å². The van der Waals surface area contributed by atoms with Gasteiger partial charge in [-0.3, -0.25) is 9.11 Å². The molecule has 0 heterocycles. The largest absolute Gasteiger partial charge is 0.346 e. The van der Waals surface area contributed by atoms with E-state index in [0.717, 1.165) is 0 Å². The Kier molecular flexibility index (Phi) is 3.61. The minimum Gasteiger partial charge on any atom is -0.283 e. The van der Waals surface area contributed by atoms with Gasteiger partial charge in [0.15, 0.2) is 11.1 Å². The molecule has 1 atom stereocenters. The van der Waals surface area contributed by atoms with Crippen LogP contribution in [0.5, 0.6) is 0 Å². The first-order valence-corrected chi connectivity index (χ1v) is 5.10. The van der Waals surface area contributed by atoms with Crippen molar-refractivity contribution in [3.63, 3.8) is 0 Å². The number of hydrogen-bond acceptors (Lipinski definition) is 5. The molecule has 0 bridgehead atoms. The van der Waals surface area contributed by atoms with Gasteiger partial charge in [0.25, 0.3) is 0 Å². The summed E-state index contributed by atoms with van der Waals surface area (Å²) in [6.45, 7) is 0. The Morgan fingerprint density at radius 3 is 2.11 bits per heavy atom. The summed E-state index contributed by atoms with van der Waals surface area (Å²) in [5.41, 5.74) is 0. The monoisotopic (exact) mass is 194 g/mol. The molecule has 0 aliphatic heterocycles. The van der Waals surface area contributed by atoms with E-state index in [-0.39, 0.29) is 0 Å². The van der Waals surface area contributed by atoms with E-state index in [1.54, 1.807) is 0 Å². The summed E-state index contributed by atoms with van der Waals surface area (Å²) in [6.07, 6.45) is 0. The van der Waals surface area contributed by atoms with Gasteiger partial charge in [0, 0.05) is 0 Å². The van der Waals surface area contributed by atoms with Crippen LogP contribution in [0.15, 0.2) is 0 Å². The standard InChI is InChI=1S/H2O6S3/c1-8(2)6-7-9(3,4)5/h(H,1,2)(H,3,4,5). The van der Waals surface area contributed by atoms with E-state index in [4.69, 9.17) is 9.11 Å². The second-order valence-corrected chi connectivity index (χ2v) is 4.42. The maximum absolute atomic E-state index is 9.68. The van der Waals surface area contributed by atoms with Gasteiger partial charge in [0.1, 0.15) is 0 Å². The third-order valence-corrected chi connectivity index (χ3v) is 2.05. The lowest BCUT2D eigenvalue weighted by atomic mass is 15.8. The topological polar surface area (TPSA) is 101 Å². The van der Waals surface area contributed by atoms with Crippen molar-refractivity contribution in [2.45, 2.75) is 0 Å². The molecule has 2 N–H and O–H groups in total. The fourth-order valence-electron chi connectivity index (χ4n) is 0.0589. The molecular weight excluding hydrogens is 192 g/mol. The summed E-state index contributed by atoms with van der Waals surface area (Å²) >= 11 is -3.17. The Labute approximate surface area is 57.4 Å². The lowest BCUT2D eigenvalue weighted by Gasteiger charge is -1.88. The summed E-state index contributed by atoms with van der Waals surface area (Å²) in [5.74, 6) is 0. The van der Waals surface area contributed by atoms with E-state index in [1.165, 1.54) is 0 Å². The molecule has 0 saturated heterocycles. The summed E-state index contributed by atoms with van der Waals surface area (Å²) < 4.78 is 48.0. The molecule has 56 valence electrons. The highest BCUT2D eigenvalue weighted by Crippen LogP contribution is 2.10. The lowest BCUT2D eigenvalue weighted by molar-refractivity contribution is 0.478. The Hall–Kier alpha value is 0.330. The van der Waals surface area contributed by atoms with Crippen LogP contribution in [0.25, 0.3) is 0 Å².